The Labute approximate surface area is 208 Å². The van der Waals surface area contributed by atoms with E-state index in [0.29, 0.717) is 28.4 Å². The summed E-state index contributed by atoms with van der Waals surface area (Å²) in [6, 6.07) is 16.5. The first-order chi connectivity index (χ1) is 17.4. The predicted molar refractivity (Wildman–Crippen MR) is 138 cm³/mol. The number of anilines is 2. The number of rotatable bonds is 7. The van der Waals surface area contributed by atoms with E-state index in [-0.39, 0.29) is 18.0 Å². The Morgan fingerprint density at radius 3 is 2.47 bits per heavy atom. The summed E-state index contributed by atoms with van der Waals surface area (Å²) in [4.78, 5) is 38.2. The van der Waals surface area contributed by atoms with Crippen LogP contribution in [0.2, 0.25) is 0 Å². The summed E-state index contributed by atoms with van der Waals surface area (Å²) in [6.07, 6.45) is 5.38. The Hall–Kier alpha value is -4.72. The molecular formula is C28H24N6O2. The number of pyridine rings is 1. The second-order valence-corrected chi connectivity index (χ2v) is 8.65. The van der Waals surface area contributed by atoms with Crippen molar-refractivity contribution in [2.24, 2.45) is 7.05 Å². The lowest BCUT2D eigenvalue weighted by Crippen LogP contribution is -2.06. The Kier molecular flexibility index (Phi) is 6.08. The molecule has 3 heterocycles. The molecular weight excluding hydrogens is 452 g/mol. The molecule has 3 aromatic heterocycles. The average Bonchev–Trinajstić information content (AvgIpc) is 3.27. The van der Waals surface area contributed by atoms with E-state index in [1.54, 1.807) is 35.4 Å². The zero-order valence-corrected chi connectivity index (χ0v) is 20.2. The lowest BCUT2D eigenvalue weighted by Gasteiger charge is -2.13. The van der Waals surface area contributed by atoms with Gasteiger partial charge in [0.25, 0.3) is 0 Å². The van der Waals surface area contributed by atoms with E-state index in [9.17, 15) is 9.59 Å². The molecule has 0 amide bonds. The fraction of sp³-hybridized carbons (Fsp3) is 0.143. The van der Waals surface area contributed by atoms with Crippen LogP contribution in [0.1, 0.15) is 38.8 Å². The zero-order valence-electron chi connectivity index (χ0n) is 20.2. The third kappa shape index (κ3) is 4.61. The van der Waals surface area contributed by atoms with E-state index in [1.807, 2.05) is 56.4 Å². The van der Waals surface area contributed by atoms with Gasteiger partial charge in [-0.25, -0.2) is 9.97 Å². The fourth-order valence-corrected chi connectivity index (χ4v) is 3.94. The van der Waals surface area contributed by atoms with Crippen LogP contribution in [-0.4, -0.2) is 36.3 Å². The Bertz CT molecular complexity index is 1590. The molecule has 0 aliphatic rings. The van der Waals surface area contributed by atoms with Crippen LogP contribution < -0.4 is 5.32 Å². The van der Waals surface area contributed by atoms with Gasteiger partial charge in [-0.3, -0.25) is 19.3 Å². The highest BCUT2D eigenvalue weighted by molar-refractivity contribution is 5.99. The Morgan fingerprint density at radius 2 is 1.75 bits per heavy atom. The number of carbonyl (C=O) groups excluding carboxylic acids is 2. The number of nitrogens with zero attached hydrogens (tertiary/aromatic N) is 5. The highest BCUT2D eigenvalue weighted by atomic mass is 16.1. The first-order valence-corrected chi connectivity index (χ1v) is 11.5. The monoisotopic (exact) mass is 476 g/mol. The minimum Gasteiger partial charge on any atom is -0.339 e. The highest BCUT2D eigenvalue weighted by Crippen LogP contribution is 2.29. The molecule has 5 aromatic rings. The van der Waals surface area contributed by atoms with E-state index in [4.69, 9.17) is 4.98 Å². The van der Waals surface area contributed by atoms with Crippen molar-refractivity contribution in [3.8, 4) is 11.4 Å². The van der Waals surface area contributed by atoms with Crippen LogP contribution in [0.4, 0.5) is 11.5 Å². The molecule has 178 valence electrons. The average molecular weight is 477 g/mol. The molecule has 0 unspecified atom stereocenters. The van der Waals surface area contributed by atoms with Crippen LogP contribution in [-0.2, 0) is 13.5 Å². The number of nitrogens with one attached hydrogen (secondary N) is 1. The first kappa shape index (κ1) is 23.0. The number of carbonyl (C=O) groups is 2. The van der Waals surface area contributed by atoms with Gasteiger partial charge in [-0.05, 0) is 43.2 Å². The maximum atomic E-state index is 13.1. The van der Waals surface area contributed by atoms with E-state index in [0.717, 1.165) is 27.8 Å². The molecule has 36 heavy (non-hydrogen) atoms. The van der Waals surface area contributed by atoms with Crippen LogP contribution in [0, 0.1) is 6.92 Å². The second-order valence-electron chi connectivity index (χ2n) is 8.65. The van der Waals surface area contributed by atoms with Crippen LogP contribution in [0.5, 0.6) is 0 Å². The van der Waals surface area contributed by atoms with Gasteiger partial charge in [0, 0.05) is 48.2 Å². The molecule has 0 aliphatic carbocycles. The summed E-state index contributed by atoms with van der Waals surface area (Å²) < 4.78 is 1.70. The van der Waals surface area contributed by atoms with Gasteiger partial charge >= 0.3 is 0 Å². The molecule has 8 heteroatoms. The summed E-state index contributed by atoms with van der Waals surface area (Å²) in [7, 11) is 1.83. The number of benzene rings is 2. The van der Waals surface area contributed by atoms with Gasteiger partial charge in [0.05, 0.1) is 11.6 Å². The first-order valence-electron chi connectivity index (χ1n) is 11.5. The van der Waals surface area contributed by atoms with Crippen LogP contribution in [0.3, 0.4) is 0 Å². The minimum absolute atomic E-state index is 0.00116. The summed E-state index contributed by atoms with van der Waals surface area (Å²) >= 11 is 0. The molecule has 1 N–H and O–H groups in total. The smallest absolute Gasteiger partial charge is 0.167 e. The molecule has 0 bridgehead atoms. The lowest BCUT2D eigenvalue weighted by atomic mass is 9.99. The van der Waals surface area contributed by atoms with Crippen molar-refractivity contribution < 1.29 is 9.59 Å². The van der Waals surface area contributed by atoms with Gasteiger partial charge in [0.1, 0.15) is 5.82 Å². The molecule has 2 aromatic carbocycles. The van der Waals surface area contributed by atoms with Crippen molar-refractivity contribution in [2.75, 3.05) is 5.32 Å². The molecule has 0 saturated heterocycles. The van der Waals surface area contributed by atoms with Crippen molar-refractivity contribution >= 4 is 34.1 Å². The Morgan fingerprint density at radius 1 is 0.972 bits per heavy atom. The third-order valence-corrected chi connectivity index (χ3v) is 6.05. The minimum atomic E-state index is -0.0149. The van der Waals surface area contributed by atoms with Crippen LogP contribution in [0.25, 0.3) is 22.4 Å². The molecule has 0 spiro atoms. The number of aryl methyl sites for hydroxylation is 2. The maximum absolute atomic E-state index is 13.1. The maximum Gasteiger partial charge on any atom is 0.167 e. The number of ketones is 2. The third-order valence-electron chi connectivity index (χ3n) is 6.05. The molecule has 0 saturated carbocycles. The summed E-state index contributed by atoms with van der Waals surface area (Å²) in [5, 5.41) is 8.52. The standard InChI is InChI=1S/C28H24N6O2/c1-17-6-9-21(25(36)13-19-7-10-20(11-8-19)18(2)35)14-24(17)31-27-23-16-30-34(3)28(23)33-26(32-27)22-5-4-12-29-15-22/h4-12,14-16H,13H2,1-3H3,(H,31,32,33). The van der Waals surface area contributed by atoms with Crippen molar-refractivity contribution in [3.63, 3.8) is 0 Å². The summed E-state index contributed by atoms with van der Waals surface area (Å²) in [6.45, 7) is 3.50. The van der Waals surface area contributed by atoms with Gasteiger partial charge in [0.15, 0.2) is 23.0 Å². The predicted octanol–water partition coefficient (Wildman–Crippen LogP) is 5.11. The molecule has 8 nitrogen and oxygen atoms in total. The van der Waals surface area contributed by atoms with E-state index >= 15 is 0 Å². The number of fused-ring (bicyclic) bond motifs is 1. The van der Waals surface area contributed by atoms with Crippen molar-refractivity contribution in [3.05, 3.63) is 95.4 Å². The second kappa shape index (κ2) is 9.50. The fourth-order valence-electron chi connectivity index (χ4n) is 3.94. The Balaban J connectivity index is 1.46. The van der Waals surface area contributed by atoms with Gasteiger partial charge in [-0.1, -0.05) is 36.4 Å². The number of Topliss-reactive ketones (excluding diaryl/α,β-unsaturated/α-hetero) is 2. The van der Waals surface area contributed by atoms with E-state index in [1.165, 1.54) is 6.92 Å². The molecule has 0 atom stereocenters. The quantitative estimate of drug-likeness (QED) is 0.326. The summed E-state index contributed by atoms with van der Waals surface area (Å²) in [5.41, 5.74) is 5.29. The molecule has 0 aliphatic heterocycles. The van der Waals surface area contributed by atoms with Crippen LogP contribution in [0.15, 0.2) is 73.2 Å². The number of aromatic nitrogens is 5. The van der Waals surface area contributed by atoms with Crippen molar-refractivity contribution in [1.29, 1.82) is 0 Å². The number of hydrogen-bond donors (Lipinski definition) is 1. The number of hydrogen-bond acceptors (Lipinski definition) is 7. The van der Waals surface area contributed by atoms with Crippen LogP contribution >= 0.6 is 0 Å². The van der Waals surface area contributed by atoms with E-state index < -0.39 is 0 Å². The van der Waals surface area contributed by atoms with E-state index in [2.05, 4.69) is 20.4 Å². The SMILES string of the molecule is CC(=O)c1ccc(CC(=O)c2ccc(C)c(Nc3nc(-c4cccnc4)nc4c3cnn4C)c2)cc1. The van der Waals surface area contributed by atoms with Gasteiger partial charge in [-0.15, -0.1) is 0 Å². The van der Waals surface area contributed by atoms with Crippen molar-refractivity contribution in [1.82, 2.24) is 24.7 Å². The van der Waals surface area contributed by atoms with Gasteiger partial charge in [0.2, 0.25) is 0 Å². The largest absolute Gasteiger partial charge is 0.339 e. The normalized spacial score (nSPS) is 11.0. The molecule has 5 rings (SSSR count). The molecule has 0 radical (unpaired) electrons. The zero-order chi connectivity index (χ0) is 25.2. The topological polar surface area (TPSA) is 103 Å². The van der Waals surface area contributed by atoms with Crippen molar-refractivity contribution in [2.45, 2.75) is 20.3 Å². The molecule has 0 fully saturated rings. The highest BCUT2D eigenvalue weighted by Gasteiger charge is 2.15. The van der Waals surface area contributed by atoms with Gasteiger partial charge in [-0.2, -0.15) is 5.10 Å². The summed E-state index contributed by atoms with van der Waals surface area (Å²) in [5.74, 6) is 1.11. The lowest BCUT2D eigenvalue weighted by molar-refractivity contribution is 0.0991. The van der Waals surface area contributed by atoms with Gasteiger partial charge < -0.3 is 5.32 Å².